The zero-order chi connectivity index (χ0) is 23.2. The molecule has 2 aliphatic heterocycles. The quantitative estimate of drug-likeness (QED) is 0.536. The molecule has 0 aromatic heterocycles. The van der Waals surface area contributed by atoms with Gasteiger partial charge in [0.15, 0.2) is 6.10 Å². The molecule has 0 aliphatic carbocycles. The molecule has 0 N–H and O–H groups in total. The van der Waals surface area contributed by atoms with E-state index in [0.717, 1.165) is 22.6 Å². The summed E-state index contributed by atoms with van der Waals surface area (Å²) in [6.07, 6.45) is -5.65. The van der Waals surface area contributed by atoms with Crippen LogP contribution in [0.5, 0.6) is 0 Å². The number of hydrogen-bond donors (Lipinski definition) is 0. The van der Waals surface area contributed by atoms with Crippen molar-refractivity contribution in [2.45, 2.75) is 24.9 Å². The van der Waals surface area contributed by atoms with Gasteiger partial charge in [0.2, 0.25) is 5.91 Å². The molecule has 0 radical (unpaired) electrons. The minimum absolute atomic E-state index is 0.0789. The molecule has 2 amide bonds. The van der Waals surface area contributed by atoms with E-state index in [1.807, 2.05) is 6.07 Å². The molecule has 3 aromatic carbocycles. The summed E-state index contributed by atoms with van der Waals surface area (Å²) in [5, 5.41) is 1.39. The van der Waals surface area contributed by atoms with Gasteiger partial charge in [-0.3, -0.25) is 19.3 Å². The van der Waals surface area contributed by atoms with Gasteiger partial charge in [0.1, 0.15) is 5.92 Å². The number of hydrogen-bond acceptors (Lipinski definition) is 4. The first-order valence-corrected chi connectivity index (χ1v) is 10.4. The Balaban J connectivity index is 1.55. The minimum atomic E-state index is -4.54. The van der Waals surface area contributed by atoms with Crippen LogP contribution in [-0.4, -0.2) is 22.8 Å². The summed E-state index contributed by atoms with van der Waals surface area (Å²) in [5.74, 6) is -1.93. The van der Waals surface area contributed by atoms with E-state index in [-0.39, 0.29) is 12.1 Å². The second kappa shape index (κ2) is 8.04. The van der Waals surface area contributed by atoms with Crippen molar-refractivity contribution in [3.8, 4) is 0 Å². The van der Waals surface area contributed by atoms with Crippen molar-refractivity contribution in [1.82, 2.24) is 4.90 Å². The number of fused-ring (bicyclic) bond motifs is 1. The number of amides is 2. The summed E-state index contributed by atoms with van der Waals surface area (Å²) >= 11 is 0. The number of nitrogens with zero attached hydrogens (tertiary/aromatic N) is 2. The third kappa shape index (κ3) is 3.76. The molecule has 0 spiro atoms. The van der Waals surface area contributed by atoms with Crippen LogP contribution in [0, 0.1) is 5.92 Å². The number of likely N-dealkylation sites (tertiary alicyclic amines) is 1. The first-order valence-electron chi connectivity index (χ1n) is 10.4. The number of benzene rings is 3. The molecule has 3 aromatic rings. The van der Waals surface area contributed by atoms with Crippen molar-refractivity contribution in [1.29, 1.82) is 0 Å². The van der Waals surface area contributed by atoms with Gasteiger partial charge in [-0.05, 0) is 35.4 Å². The Morgan fingerprint density at radius 1 is 0.818 bits per heavy atom. The van der Waals surface area contributed by atoms with Crippen molar-refractivity contribution in [2.24, 2.45) is 5.92 Å². The van der Waals surface area contributed by atoms with Crippen LogP contribution in [-0.2, 0) is 27.1 Å². The van der Waals surface area contributed by atoms with E-state index in [9.17, 15) is 22.8 Å². The Morgan fingerprint density at radius 2 is 1.48 bits per heavy atom. The molecule has 2 aliphatic rings. The highest BCUT2D eigenvalue weighted by Crippen LogP contribution is 2.47. The molecule has 168 valence electrons. The number of hydroxylamine groups is 1. The van der Waals surface area contributed by atoms with Crippen LogP contribution >= 0.6 is 0 Å². The van der Waals surface area contributed by atoms with E-state index in [4.69, 9.17) is 4.84 Å². The van der Waals surface area contributed by atoms with Crippen molar-refractivity contribution in [2.75, 3.05) is 5.06 Å². The smallest absolute Gasteiger partial charge is 0.275 e. The molecule has 2 fully saturated rings. The van der Waals surface area contributed by atoms with Crippen LogP contribution in [0.15, 0.2) is 84.9 Å². The largest absolute Gasteiger partial charge is 0.416 e. The molecule has 2 heterocycles. The fourth-order valence-electron chi connectivity index (χ4n) is 4.43. The lowest BCUT2D eigenvalue weighted by Crippen LogP contribution is -2.37. The van der Waals surface area contributed by atoms with Gasteiger partial charge in [-0.15, -0.1) is 0 Å². The minimum Gasteiger partial charge on any atom is -0.275 e. The molecular formula is C25H19F3N2O3. The zero-order valence-electron chi connectivity index (χ0n) is 17.3. The van der Waals surface area contributed by atoms with E-state index >= 15 is 0 Å². The fourth-order valence-corrected chi connectivity index (χ4v) is 4.43. The van der Waals surface area contributed by atoms with Crippen molar-refractivity contribution >= 4 is 17.5 Å². The van der Waals surface area contributed by atoms with Crippen LogP contribution in [0.1, 0.15) is 22.7 Å². The second-order valence-corrected chi connectivity index (χ2v) is 8.03. The highest BCUT2D eigenvalue weighted by atomic mass is 19.4. The van der Waals surface area contributed by atoms with E-state index in [2.05, 4.69) is 0 Å². The number of alkyl halides is 3. The zero-order valence-corrected chi connectivity index (χ0v) is 17.3. The van der Waals surface area contributed by atoms with Crippen LogP contribution in [0.3, 0.4) is 0 Å². The highest BCUT2D eigenvalue weighted by molar-refractivity contribution is 6.07. The van der Waals surface area contributed by atoms with Crippen molar-refractivity contribution in [3.05, 3.63) is 102 Å². The van der Waals surface area contributed by atoms with Crippen LogP contribution in [0.25, 0.3) is 0 Å². The van der Waals surface area contributed by atoms with Gasteiger partial charge in [0.05, 0.1) is 23.8 Å². The van der Waals surface area contributed by atoms with Gasteiger partial charge in [-0.1, -0.05) is 60.7 Å². The number of imide groups is 1. The fraction of sp³-hybridized carbons (Fsp3) is 0.200. The molecule has 5 nitrogen and oxygen atoms in total. The third-order valence-electron chi connectivity index (χ3n) is 5.96. The molecule has 0 bridgehead atoms. The van der Waals surface area contributed by atoms with Crippen molar-refractivity contribution < 1.29 is 27.6 Å². The first-order chi connectivity index (χ1) is 15.8. The predicted octanol–water partition coefficient (Wildman–Crippen LogP) is 4.75. The number of carbonyl (C=O) groups excluding carboxylic acids is 2. The van der Waals surface area contributed by atoms with E-state index in [0.29, 0.717) is 5.69 Å². The Morgan fingerprint density at radius 3 is 2.15 bits per heavy atom. The number of rotatable bonds is 4. The standard InChI is InChI=1S/C25H19F3N2O3/c26-25(27,28)18-11-7-10-17(14-18)21-20-22(33-30(21)19-12-5-2-6-13-19)24(32)29(23(20)31)15-16-8-3-1-4-9-16/h1-14,20-22H,15H2/t20-,21-,22+/m0/s1. The van der Waals surface area contributed by atoms with Gasteiger partial charge in [0.25, 0.3) is 5.91 Å². The predicted molar refractivity (Wildman–Crippen MR) is 113 cm³/mol. The van der Waals surface area contributed by atoms with Crippen LogP contribution in [0.4, 0.5) is 18.9 Å². The molecule has 2 saturated heterocycles. The number of carbonyl (C=O) groups is 2. The summed E-state index contributed by atoms with van der Waals surface area (Å²) < 4.78 is 40.2. The number of anilines is 1. The Labute approximate surface area is 187 Å². The van der Waals surface area contributed by atoms with E-state index in [1.165, 1.54) is 17.2 Å². The normalized spacial score (nSPS) is 22.7. The number of para-hydroxylation sites is 1. The molecule has 3 atom stereocenters. The summed E-state index contributed by atoms with van der Waals surface area (Å²) in [7, 11) is 0. The summed E-state index contributed by atoms with van der Waals surface area (Å²) in [6, 6.07) is 21.7. The molecule has 33 heavy (non-hydrogen) atoms. The van der Waals surface area contributed by atoms with Crippen LogP contribution in [0.2, 0.25) is 0 Å². The summed E-state index contributed by atoms with van der Waals surface area (Å²) in [4.78, 5) is 33.7. The maximum absolute atomic E-state index is 13.4. The maximum Gasteiger partial charge on any atom is 0.416 e. The molecule has 5 rings (SSSR count). The monoisotopic (exact) mass is 452 g/mol. The van der Waals surface area contributed by atoms with Crippen LogP contribution < -0.4 is 5.06 Å². The average molecular weight is 452 g/mol. The highest BCUT2D eigenvalue weighted by Gasteiger charge is 2.59. The van der Waals surface area contributed by atoms with E-state index in [1.54, 1.807) is 54.6 Å². The Hall–Kier alpha value is -3.65. The molecular weight excluding hydrogens is 433 g/mol. The lowest BCUT2D eigenvalue weighted by molar-refractivity contribution is -0.143. The molecule has 8 heteroatoms. The lowest BCUT2D eigenvalue weighted by atomic mass is 9.89. The average Bonchev–Trinajstić information content (AvgIpc) is 3.32. The topological polar surface area (TPSA) is 49.9 Å². The van der Waals surface area contributed by atoms with Gasteiger partial charge in [-0.2, -0.15) is 13.2 Å². The third-order valence-corrected chi connectivity index (χ3v) is 5.96. The molecule has 0 saturated carbocycles. The SMILES string of the molecule is O=C1[C@@H]2[C@@H](ON(c3ccccc3)[C@H]2c2cccc(C(F)(F)F)c2)C(=O)N1Cc1ccccc1. The Kier molecular flexibility index (Phi) is 5.17. The molecule has 0 unspecified atom stereocenters. The van der Waals surface area contributed by atoms with Gasteiger partial charge < -0.3 is 0 Å². The first kappa shape index (κ1) is 21.2. The lowest BCUT2D eigenvalue weighted by Gasteiger charge is -2.29. The Bertz CT molecular complexity index is 1180. The maximum atomic E-state index is 13.4. The van der Waals surface area contributed by atoms with Crippen molar-refractivity contribution in [3.63, 3.8) is 0 Å². The van der Waals surface area contributed by atoms with E-state index < -0.39 is 41.6 Å². The number of halogens is 3. The second-order valence-electron chi connectivity index (χ2n) is 8.03. The summed E-state index contributed by atoms with van der Waals surface area (Å²) in [5.41, 5.74) is 0.748. The van der Waals surface area contributed by atoms with Gasteiger partial charge in [-0.25, -0.2) is 5.06 Å². The van der Waals surface area contributed by atoms with Gasteiger partial charge in [0, 0.05) is 0 Å². The van der Waals surface area contributed by atoms with Gasteiger partial charge >= 0.3 is 6.18 Å². The summed E-state index contributed by atoms with van der Waals surface area (Å²) in [6.45, 7) is 0.0789.